The molecule has 20 heteroatoms. The quantitative estimate of drug-likeness (QED) is 0.266. The standard InChI is InChI=1S/4Cr.K.H3N.3H2O.11O/h;;;;;1H3;3*1H2;;;;;;;;;;;/q;4*+1;;;;;;;;;;;;;;;-1/p-3. The van der Waals surface area contributed by atoms with Crippen molar-refractivity contribution in [1.82, 2.24) is 6.15 Å². The molecule has 6 N–H and O–H groups in total. The zero-order valence-electron chi connectivity index (χ0n) is 9.17. The second-order valence-corrected chi connectivity index (χ2v) is 9.29. The van der Waals surface area contributed by atoms with Crippen LogP contribution >= 0.6 is 0 Å². The Morgan fingerprint density at radius 2 is 0.850 bits per heavy atom. The van der Waals surface area contributed by atoms with E-state index in [1.807, 2.05) is 0 Å². The summed E-state index contributed by atoms with van der Waals surface area (Å²) in [6, 6.07) is 0. The predicted octanol–water partition coefficient (Wildman–Crippen LogP) is -6.79. The Morgan fingerprint density at radius 1 is 0.650 bits per heavy atom. The molecule has 0 aliphatic heterocycles. The Balaban J connectivity index is -0.000000116. The van der Waals surface area contributed by atoms with Gasteiger partial charge < -0.3 is 6.15 Å². The molecule has 0 unspecified atom stereocenters. The fourth-order valence-electron chi connectivity index (χ4n) is 0.214. The van der Waals surface area contributed by atoms with Crippen molar-refractivity contribution in [1.29, 1.82) is 0 Å². The van der Waals surface area contributed by atoms with Gasteiger partial charge in [0.05, 0.1) is 0 Å². The van der Waals surface area contributed by atoms with E-state index >= 15 is 0 Å². The van der Waals surface area contributed by atoms with Gasteiger partial charge in [-0.05, 0) is 0 Å². The first-order valence-electron chi connectivity index (χ1n) is 2.71. The van der Waals surface area contributed by atoms with Crippen molar-refractivity contribution in [2.24, 2.45) is 0 Å². The Bertz CT molecular complexity index is 537. The number of rotatable bonds is 4. The molecule has 0 rings (SSSR count). The van der Waals surface area contributed by atoms with Crippen LogP contribution in [0, 0.1) is 0 Å². The molecule has 0 radical (unpaired) electrons. The molecular weight excluding hydrogens is 485 g/mol. The first kappa shape index (κ1) is 29.8. The van der Waals surface area contributed by atoms with Crippen LogP contribution in [0.3, 0.4) is 0 Å². The average molecular weight is 491 g/mol. The third-order valence-corrected chi connectivity index (χ3v) is 5.80. The van der Waals surface area contributed by atoms with E-state index in [4.69, 9.17) is 12.5 Å². The monoisotopic (exact) mass is 491 g/mol. The van der Waals surface area contributed by atoms with Gasteiger partial charge >= 0.3 is 159 Å². The SMILES string of the molecule is N.[K+].[O]=[Cr](=[O])([O-])[O][Cr](=[O])(=[O])[OH].[O]=[Cr](=[O])([OH])[O][Cr](=[O])(=[O])[OH]. The fourth-order valence-corrected chi connectivity index (χ4v) is 3.64. The van der Waals surface area contributed by atoms with E-state index in [0.717, 1.165) is 0 Å². The van der Waals surface area contributed by atoms with Crippen molar-refractivity contribution in [3.05, 3.63) is 0 Å². The Morgan fingerprint density at radius 3 is 0.850 bits per heavy atom. The molecule has 0 aliphatic carbocycles. The van der Waals surface area contributed by atoms with Gasteiger partial charge in [-0.15, -0.1) is 0 Å². The van der Waals surface area contributed by atoms with Crippen LogP contribution in [-0.4, -0.2) is 12.5 Å². The van der Waals surface area contributed by atoms with Crippen LogP contribution in [0.25, 0.3) is 0 Å². The summed E-state index contributed by atoms with van der Waals surface area (Å²) in [4.78, 5) is 0. The van der Waals surface area contributed by atoms with E-state index in [1.54, 1.807) is 0 Å². The third kappa shape index (κ3) is 36.8. The first-order chi connectivity index (χ1) is 7.41. The molecule has 15 nitrogen and oxygen atoms in total. The molecule has 20 heavy (non-hydrogen) atoms. The predicted molar refractivity (Wildman–Crippen MR) is 19.3 cm³/mol. The minimum absolute atomic E-state index is 0. The first-order valence-corrected chi connectivity index (χ1v) is 11.2. The molecule has 0 aromatic heterocycles. The molecule has 0 aromatic rings. The molecular formula is H6Cr4KNO14. The zero-order valence-corrected chi connectivity index (χ0v) is 17.4. The summed E-state index contributed by atoms with van der Waals surface area (Å²) < 4.78 is 114. The summed E-state index contributed by atoms with van der Waals surface area (Å²) in [6.07, 6.45) is 0. The number of hydrogen-bond acceptors (Lipinski definition) is 12. The van der Waals surface area contributed by atoms with Crippen LogP contribution in [0.15, 0.2) is 0 Å². The van der Waals surface area contributed by atoms with Crippen molar-refractivity contribution in [3.63, 3.8) is 0 Å². The molecule has 0 spiro atoms. The van der Waals surface area contributed by atoms with E-state index in [1.165, 1.54) is 0 Å². The molecule has 0 bridgehead atoms. The second kappa shape index (κ2) is 10.6. The Hall–Kier alpha value is 1.89. The van der Waals surface area contributed by atoms with Crippen molar-refractivity contribution < 1.29 is 159 Å². The molecule has 0 atom stereocenters. The van der Waals surface area contributed by atoms with Crippen molar-refractivity contribution >= 4 is 0 Å². The van der Waals surface area contributed by atoms with Gasteiger partial charge in [0.2, 0.25) is 0 Å². The van der Waals surface area contributed by atoms with E-state index < -0.39 is 54.5 Å². The topological polar surface area (TPSA) is 274 Å². The van der Waals surface area contributed by atoms with Crippen LogP contribution in [0.4, 0.5) is 0 Å². The van der Waals surface area contributed by atoms with Gasteiger partial charge in [0.15, 0.2) is 0 Å². The normalized spacial score (nSPS) is 12.2. The molecule has 0 fully saturated rings. The van der Waals surface area contributed by atoms with Gasteiger partial charge in [-0.1, -0.05) is 0 Å². The third-order valence-electron chi connectivity index (χ3n) is 0.341. The van der Waals surface area contributed by atoms with Crippen molar-refractivity contribution in [3.8, 4) is 0 Å². The van der Waals surface area contributed by atoms with Gasteiger partial charge in [-0.2, -0.15) is 0 Å². The molecule has 0 saturated heterocycles. The van der Waals surface area contributed by atoms with Crippen molar-refractivity contribution in [2.75, 3.05) is 0 Å². The minimum atomic E-state index is -6.01. The van der Waals surface area contributed by atoms with Gasteiger partial charge in [0.25, 0.3) is 0 Å². The molecule has 0 aliphatic rings. The van der Waals surface area contributed by atoms with Crippen molar-refractivity contribution in [2.45, 2.75) is 0 Å². The average Bonchev–Trinajstić information content (AvgIpc) is 1.64. The summed E-state index contributed by atoms with van der Waals surface area (Å²) in [5, 5.41) is 0. The summed E-state index contributed by atoms with van der Waals surface area (Å²) in [7, 11) is 0. The second-order valence-electron chi connectivity index (χ2n) is 1.83. The summed E-state index contributed by atoms with van der Waals surface area (Å²) in [6.45, 7) is 0. The molecule has 120 valence electrons. The Labute approximate surface area is 162 Å². The van der Waals surface area contributed by atoms with Crippen LogP contribution in [0.2, 0.25) is 0 Å². The van der Waals surface area contributed by atoms with Gasteiger partial charge in [-0.3, -0.25) is 0 Å². The van der Waals surface area contributed by atoms with E-state index in [2.05, 4.69) is 5.68 Å². The van der Waals surface area contributed by atoms with Crippen LogP contribution in [0.1, 0.15) is 0 Å². The summed E-state index contributed by atoms with van der Waals surface area (Å²) in [5.41, 5.74) is 0. The molecule has 0 saturated carbocycles. The Kier molecular flexibility index (Phi) is 15.8. The van der Waals surface area contributed by atoms with Gasteiger partial charge in [0.1, 0.15) is 0 Å². The van der Waals surface area contributed by atoms with Crippen LogP contribution in [0.5, 0.6) is 0 Å². The van der Waals surface area contributed by atoms with E-state index in [-0.39, 0.29) is 57.5 Å². The van der Waals surface area contributed by atoms with Crippen LogP contribution in [-0.2, 0) is 90.6 Å². The fraction of sp³-hybridized carbons (Fsp3) is 0. The summed E-state index contributed by atoms with van der Waals surface area (Å²) in [5.74, 6) is 0. The molecule has 0 heterocycles. The maximum absolute atomic E-state index is 9.53. The van der Waals surface area contributed by atoms with E-state index in [9.17, 15) is 34.6 Å². The summed E-state index contributed by atoms with van der Waals surface area (Å²) >= 11 is -23.3. The number of hydrogen-bond donors (Lipinski definition) is 4. The van der Waals surface area contributed by atoms with Gasteiger partial charge in [-0.25, -0.2) is 0 Å². The zero-order chi connectivity index (χ0) is 15.4. The van der Waals surface area contributed by atoms with E-state index in [0.29, 0.717) is 0 Å². The molecule has 0 aromatic carbocycles. The van der Waals surface area contributed by atoms with Gasteiger partial charge in [0, 0.05) is 0 Å². The maximum atomic E-state index is 9.53. The molecule has 0 amide bonds. The van der Waals surface area contributed by atoms with Crippen LogP contribution < -0.4 is 61.7 Å².